The zero-order chi connectivity index (χ0) is 30.9. The Hall–Kier alpha value is -5.81. The smallest absolute Gasteiger partial charge is 0.259 e. The van der Waals surface area contributed by atoms with E-state index in [4.69, 9.17) is 9.47 Å². The Kier molecular flexibility index (Phi) is 7.28. The van der Waals surface area contributed by atoms with Crippen LogP contribution in [0.25, 0.3) is 37.7 Å². The van der Waals surface area contributed by atoms with E-state index in [1.807, 2.05) is 78.5 Å². The molecule has 1 N–H and O–H groups in total. The fourth-order valence-electron chi connectivity index (χ4n) is 4.95. The van der Waals surface area contributed by atoms with E-state index in [1.54, 1.807) is 36.4 Å². The van der Waals surface area contributed by atoms with Crippen LogP contribution in [0, 0.1) is 5.82 Å². The van der Waals surface area contributed by atoms with Gasteiger partial charge in [0.25, 0.3) is 5.91 Å². The molecular weight excluding hydrogens is 591 g/mol. The van der Waals surface area contributed by atoms with Gasteiger partial charge >= 0.3 is 0 Å². The van der Waals surface area contributed by atoms with E-state index >= 15 is 4.39 Å². The lowest BCUT2D eigenvalue weighted by atomic mass is 10.1. The zero-order valence-electron chi connectivity index (χ0n) is 24.1. The number of amides is 1. The minimum absolute atomic E-state index is 0.0177. The highest BCUT2D eigenvalue weighted by Crippen LogP contribution is 2.39. The summed E-state index contributed by atoms with van der Waals surface area (Å²) in [7, 11) is 3.50. The van der Waals surface area contributed by atoms with Gasteiger partial charge in [0, 0.05) is 42.8 Å². The molecule has 0 atom stereocenters. The summed E-state index contributed by atoms with van der Waals surface area (Å²) in [5, 5.41) is 7.33. The number of carbonyl (C=O) groups excluding carboxylic acids is 1. The lowest BCUT2D eigenvalue weighted by Crippen LogP contribution is -2.13. The standard InChI is InChI=1S/C34H25FN6O3S/c1-40-19-28(37-20-40)31-17-27-33(45-31)30(14-15-36-27)44-29-13-10-22(16-26(29)35)39-34(42)25-18-38-41(23-6-4-3-5-7-23)32(25)21-8-11-24(43-2)12-9-21/h3-20H,1-2H3,(H,39,42). The lowest BCUT2D eigenvalue weighted by molar-refractivity contribution is 0.102. The Morgan fingerprint density at radius 2 is 1.78 bits per heavy atom. The summed E-state index contributed by atoms with van der Waals surface area (Å²) < 4.78 is 31.0. The van der Waals surface area contributed by atoms with Crippen molar-refractivity contribution in [2.45, 2.75) is 0 Å². The minimum atomic E-state index is -0.630. The second-order valence-corrected chi connectivity index (χ2v) is 11.2. The van der Waals surface area contributed by atoms with Crippen molar-refractivity contribution in [3.63, 3.8) is 0 Å². The van der Waals surface area contributed by atoms with Crippen LogP contribution in [-0.2, 0) is 7.05 Å². The highest BCUT2D eigenvalue weighted by Gasteiger charge is 2.21. The first kappa shape index (κ1) is 28.0. The molecule has 0 fully saturated rings. The molecule has 0 aliphatic heterocycles. The molecule has 7 aromatic rings. The number of para-hydroxylation sites is 1. The number of imidazole rings is 1. The largest absolute Gasteiger partial charge is 0.497 e. The Morgan fingerprint density at radius 1 is 0.956 bits per heavy atom. The quantitative estimate of drug-likeness (QED) is 0.188. The first-order chi connectivity index (χ1) is 22.0. The fraction of sp³-hybridized carbons (Fsp3) is 0.0588. The number of benzene rings is 3. The van der Waals surface area contributed by atoms with E-state index in [1.165, 1.54) is 29.7 Å². The van der Waals surface area contributed by atoms with Gasteiger partial charge < -0.3 is 19.4 Å². The van der Waals surface area contributed by atoms with Crippen LogP contribution in [0.3, 0.4) is 0 Å². The average molecular weight is 617 g/mol. The van der Waals surface area contributed by atoms with E-state index < -0.39 is 11.7 Å². The minimum Gasteiger partial charge on any atom is -0.497 e. The van der Waals surface area contributed by atoms with Crippen molar-refractivity contribution in [1.29, 1.82) is 0 Å². The summed E-state index contributed by atoms with van der Waals surface area (Å²) in [4.78, 5) is 23.3. The van der Waals surface area contributed by atoms with Gasteiger partial charge in [-0.25, -0.2) is 14.1 Å². The third-order valence-electron chi connectivity index (χ3n) is 7.12. The summed E-state index contributed by atoms with van der Waals surface area (Å²) in [5.74, 6) is 0.111. The van der Waals surface area contributed by atoms with Crippen molar-refractivity contribution in [3.05, 3.63) is 121 Å². The average Bonchev–Trinajstić information content (AvgIpc) is 3.81. The number of methoxy groups -OCH3 is 1. The maximum absolute atomic E-state index is 15.4. The van der Waals surface area contributed by atoms with Crippen molar-refractivity contribution in [2.24, 2.45) is 7.05 Å². The third-order valence-corrected chi connectivity index (χ3v) is 8.28. The van der Waals surface area contributed by atoms with Gasteiger partial charge in [-0.05, 0) is 54.6 Å². The molecule has 0 bridgehead atoms. The summed E-state index contributed by atoms with van der Waals surface area (Å²) in [5.41, 5.74) is 4.29. The molecule has 11 heteroatoms. The van der Waals surface area contributed by atoms with Crippen LogP contribution < -0.4 is 14.8 Å². The van der Waals surface area contributed by atoms with Crippen LogP contribution in [0.1, 0.15) is 10.4 Å². The lowest BCUT2D eigenvalue weighted by Gasteiger charge is -2.12. The summed E-state index contributed by atoms with van der Waals surface area (Å²) in [6.45, 7) is 0. The number of hydrogen-bond donors (Lipinski definition) is 1. The van der Waals surface area contributed by atoms with Crippen LogP contribution in [0.4, 0.5) is 10.1 Å². The second kappa shape index (κ2) is 11.7. The van der Waals surface area contributed by atoms with Gasteiger partial charge in [0.1, 0.15) is 11.5 Å². The van der Waals surface area contributed by atoms with E-state index in [2.05, 4.69) is 20.4 Å². The van der Waals surface area contributed by atoms with Crippen molar-refractivity contribution in [1.82, 2.24) is 24.3 Å². The van der Waals surface area contributed by atoms with Gasteiger partial charge in [-0.3, -0.25) is 9.78 Å². The van der Waals surface area contributed by atoms with Crippen LogP contribution in [0.15, 0.2) is 110 Å². The molecule has 45 heavy (non-hydrogen) atoms. The molecule has 0 saturated heterocycles. The molecule has 222 valence electrons. The number of ether oxygens (including phenoxy) is 2. The molecule has 0 spiro atoms. The SMILES string of the molecule is COc1ccc(-c2c(C(=O)Nc3ccc(Oc4ccnc5cc(-c6cn(C)cn6)sc45)c(F)c3)cnn2-c2ccccc2)cc1. The van der Waals surface area contributed by atoms with E-state index in [0.717, 1.165) is 32.0 Å². The van der Waals surface area contributed by atoms with E-state index in [9.17, 15) is 4.79 Å². The van der Waals surface area contributed by atoms with E-state index in [0.29, 0.717) is 22.8 Å². The zero-order valence-corrected chi connectivity index (χ0v) is 25.0. The molecule has 0 radical (unpaired) electrons. The van der Waals surface area contributed by atoms with Crippen molar-refractivity contribution >= 4 is 33.1 Å². The van der Waals surface area contributed by atoms with Crippen LogP contribution in [0.5, 0.6) is 17.2 Å². The topological polar surface area (TPSA) is 96.1 Å². The van der Waals surface area contributed by atoms with Gasteiger partial charge in [-0.1, -0.05) is 18.2 Å². The summed E-state index contributed by atoms with van der Waals surface area (Å²) >= 11 is 1.47. The number of anilines is 1. The predicted octanol–water partition coefficient (Wildman–Crippen LogP) is 7.74. The first-order valence-electron chi connectivity index (χ1n) is 13.9. The molecule has 0 aliphatic carbocycles. The maximum Gasteiger partial charge on any atom is 0.259 e. The molecule has 1 amide bonds. The Morgan fingerprint density at radius 3 is 2.51 bits per heavy atom. The molecular formula is C34H25FN6O3S. The van der Waals surface area contributed by atoms with Gasteiger partial charge in [0.15, 0.2) is 11.6 Å². The number of pyridine rings is 1. The van der Waals surface area contributed by atoms with Crippen molar-refractivity contribution in [2.75, 3.05) is 12.4 Å². The Balaban J connectivity index is 1.15. The number of halogens is 1. The highest BCUT2D eigenvalue weighted by molar-refractivity contribution is 7.22. The Labute approximate surface area is 261 Å². The van der Waals surface area contributed by atoms with Gasteiger partial charge in [0.2, 0.25) is 0 Å². The Bertz CT molecular complexity index is 2150. The molecule has 0 unspecified atom stereocenters. The molecule has 4 aromatic heterocycles. The van der Waals surface area contributed by atoms with Gasteiger partial charge in [0.05, 0.1) is 57.4 Å². The summed E-state index contributed by atoms with van der Waals surface area (Å²) in [6.07, 6.45) is 6.78. The number of aryl methyl sites for hydroxylation is 1. The molecule has 7 rings (SSSR count). The van der Waals surface area contributed by atoms with Gasteiger partial charge in [-0.2, -0.15) is 5.10 Å². The van der Waals surface area contributed by atoms with Crippen LogP contribution >= 0.6 is 11.3 Å². The predicted molar refractivity (Wildman–Crippen MR) is 172 cm³/mol. The number of hydrogen-bond acceptors (Lipinski definition) is 7. The first-order valence-corrected chi connectivity index (χ1v) is 14.7. The maximum atomic E-state index is 15.4. The fourth-order valence-corrected chi connectivity index (χ4v) is 5.97. The summed E-state index contributed by atoms with van der Waals surface area (Å²) in [6, 6.07) is 24.8. The van der Waals surface area contributed by atoms with Crippen molar-refractivity contribution in [3.8, 4) is 44.8 Å². The van der Waals surface area contributed by atoms with Crippen molar-refractivity contribution < 1.29 is 18.7 Å². The molecule has 4 heterocycles. The van der Waals surface area contributed by atoms with E-state index in [-0.39, 0.29) is 11.4 Å². The normalized spacial score (nSPS) is 11.1. The second-order valence-electron chi connectivity index (χ2n) is 10.1. The van der Waals surface area contributed by atoms with Crippen LogP contribution in [-0.4, -0.2) is 37.3 Å². The molecule has 3 aromatic carbocycles. The third kappa shape index (κ3) is 5.52. The number of rotatable bonds is 8. The molecule has 9 nitrogen and oxygen atoms in total. The number of carbonyl (C=O) groups is 1. The number of thiophene rings is 1. The highest BCUT2D eigenvalue weighted by atomic mass is 32.1. The molecule has 0 saturated carbocycles. The number of nitrogens with one attached hydrogen (secondary N) is 1. The monoisotopic (exact) mass is 616 g/mol. The van der Waals surface area contributed by atoms with Gasteiger partial charge in [-0.15, -0.1) is 11.3 Å². The number of fused-ring (bicyclic) bond motifs is 1. The number of nitrogens with zero attached hydrogens (tertiary/aromatic N) is 5. The molecule has 0 aliphatic rings. The number of aromatic nitrogens is 5. The van der Waals surface area contributed by atoms with Crippen LogP contribution in [0.2, 0.25) is 0 Å².